The second-order valence-corrected chi connectivity index (χ2v) is 4.82. The molecule has 0 fully saturated rings. The first-order valence-corrected chi connectivity index (χ1v) is 6.51. The van der Waals surface area contributed by atoms with Crippen LogP contribution in [0.3, 0.4) is 0 Å². The lowest BCUT2D eigenvalue weighted by Crippen LogP contribution is -2.13. The first kappa shape index (κ1) is 14.3. The predicted octanol–water partition coefficient (Wildman–Crippen LogP) is 4.04. The van der Waals surface area contributed by atoms with Crippen molar-refractivity contribution in [2.24, 2.45) is 0 Å². The molecule has 104 valence electrons. The van der Waals surface area contributed by atoms with Crippen molar-refractivity contribution in [1.82, 2.24) is 0 Å². The number of aromatic hydroxyl groups is 1. The van der Waals surface area contributed by atoms with E-state index in [9.17, 15) is 14.3 Å². The lowest BCUT2D eigenvalue weighted by atomic mass is 10.2. The van der Waals surface area contributed by atoms with Gasteiger partial charge in [0.15, 0.2) is 0 Å². The van der Waals surface area contributed by atoms with E-state index in [-0.39, 0.29) is 22.5 Å². The Labute approximate surface area is 123 Å². The number of rotatable bonds is 3. The lowest BCUT2D eigenvalue weighted by Gasteiger charge is -2.09. The summed E-state index contributed by atoms with van der Waals surface area (Å²) in [5, 5.41) is 11.9. The van der Waals surface area contributed by atoms with E-state index in [1.54, 1.807) is 0 Å². The van der Waals surface area contributed by atoms with Crippen LogP contribution in [0.2, 0.25) is 0 Å². The van der Waals surface area contributed by atoms with Gasteiger partial charge in [0.2, 0.25) is 0 Å². The fourth-order valence-electron chi connectivity index (χ4n) is 1.51. The number of anilines is 1. The number of nitrogens with one attached hydrogen (secondary N) is 1. The largest absolute Gasteiger partial charge is 0.506 e. The molecule has 0 radical (unpaired) electrons. The molecular weight excluding hydrogens is 329 g/mol. The average molecular weight is 340 g/mol. The number of carbonyl (C=O) groups is 1. The van der Waals surface area contributed by atoms with Crippen molar-refractivity contribution in [3.05, 3.63) is 58.3 Å². The van der Waals surface area contributed by atoms with Gasteiger partial charge in [0.1, 0.15) is 18.2 Å². The Bertz CT molecular complexity index is 619. The summed E-state index contributed by atoms with van der Waals surface area (Å²) in [4.78, 5) is 11.6. The Morgan fingerprint density at radius 2 is 2.00 bits per heavy atom. The summed E-state index contributed by atoms with van der Waals surface area (Å²) in [7, 11) is 0. The minimum atomic E-state index is -0.734. The molecule has 2 N–H and O–H groups in total. The van der Waals surface area contributed by atoms with Crippen LogP contribution in [-0.2, 0) is 11.3 Å². The summed E-state index contributed by atoms with van der Waals surface area (Å²) < 4.78 is 18.2. The summed E-state index contributed by atoms with van der Waals surface area (Å²) in [5.41, 5.74) is 0.906. The molecule has 0 saturated heterocycles. The number of hydrogen-bond acceptors (Lipinski definition) is 3. The van der Waals surface area contributed by atoms with Crippen LogP contribution < -0.4 is 5.32 Å². The van der Waals surface area contributed by atoms with Gasteiger partial charge in [-0.15, -0.1) is 0 Å². The third-order valence-corrected chi connectivity index (χ3v) is 3.10. The van der Waals surface area contributed by atoms with Crippen molar-refractivity contribution < 1.29 is 19.0 Å². The van der Waals surface area contributed by atoms with Crippen LogP contribution in [0.15, 0.2) is 46.9 Å². The highest BCUT2D eigenvalue weighted by Gasteiger charge is 2.11. The monoisotopic (exact) mass is 339 g/mol. The van der Waals surface area contributed by atoms with Gasteiger partial charge < -0.3 is 9.84 Å². The molecule has 1 amide bonds. The molecule has 2 rings (SSSR count). The van der Waals surface area contributed by atoms with E-state index in [2.05, 4.69) is 21.2 Å². The van der Waals surface area contributed by atoms with Gasteiger partial charge >= 0.3 is 6.09 Å². The van der Waals surface area contributed by atoms with Crippen LogP contribution in [0.25, 0.3) is 0 Å². The molecular formula is C14H11BrFNO3. The normalized spacial score (nSPS) is 10.1. The van der Waals surface area contributed by atoms with Crippen LogP contribution in [0.5, 0.6) is 5.75 Å². The Morgan fingerprint density at radius 3 is 2.70 bits per heavy atom. The zero-order chi connectivity index (χ0) is 14.5. The Kier molecular flexibility index (Phi) is 4.57. The number of phenols is 1. The second kappa shape index (κ2) is 6.38. The molecule has 0 aliphatic carbocycles. The third kappa shape index (κ3) is 3.71. The Balaban J connectivity index is 1.97. The van der Waals surface area contributed by atoms with Gasteiger partial charge in [-0.25, -0.2) is 9.18 Å². The molecule has 2 aromatic carbocycles. The maximum Gasteiger partial charge on any atom is 0.412 e. The topological polar surface area (TPSA) is 58.6 Å². The van der Waals surface area contributed by atoms with Gasteiger partial charge in [-0.2, -0.15) is 0 Å². The zero-order valence-corrected chi connectivity index (χ0v) is 11.9. The van der Waals surface area contributed by atoms with Crippen LogP contribution in [0.1, 0.15) is 5.56 Å². The highest BCUT2D eigenvalue weighted by molar-refractivity contribution is 9.10. The number of ether oxygens (including phenoxy) is 1. The van der Waals surface area contributed by atoms with Crippen LogP contribution >= 0.6 is 15.9 Å². The average Bonchev–Trinajstić information content (AvgIpc) is 2.44. The molecule has 4 nitrogen and oxygen atoms in total. The Morgan fingerprint density at radius 1 is 1.30 bits per heavy atom. The number of hydrogen-bond donors (Lipinski definition) is 2. The molecule has 0 heterocycles. The van der Waals surface area contributed by atoms with Gasteiger partial charge in [0.25, 0.3) is 0 Å². The minimum Gasteiger partial charge on any atom is -0.506 e. The molecule has 20 heavy (non-hydrogen) atoms. The second-order valence-electron chi connectivity index (χ2n) is 3.97. The van der Waals surface area contributed by atoms with E-state index in [0.717, 1.165) is 11.6 Å². The van der Waals surface area contributed by atoms with Crippen molar-refractivity contribution in [2.45, 2.75) is 6.61 Å². The number of carbonyl (C=O) groups excluding carboxylic acids is 1. The molecule has 0 bridgehead atoms. The van der Waals surface area contributed by atoms with E-state index in [1.165, 1.54) is 6.07 Å². The number of phenolic OH excluding ortho intramolecular Hbond substituents is 1. The number of halogens is 2. The van der Waals surface area contributed by atoms with Crippen molar-refractivity contribution in [2.75, 3.05) is 5.32 Å². The first-order valence-electron chi connectivity index (χ1n) is 5.72. The van der Waals surface area contributed by atoms with Crippen molar-refractivity contribution in [1.29, 1.82) is 0 Å². The van der Waals surface area contributed by atoms with Crippen molar-refractivity contribution in [3.63, 3.8) is 0 Å². The number of benzene rings is 2. The molecule has 0 spiro atoms. The first-order chi connectivity index (χ1) is 9.56. The van der Waals surface area contributed by atoms with Gasteiger partial charge in [0, 0.05) is 6.07 Å². The van der Waals surface area contributed by atoms with Gasteiger partial charge in [0.05, 0.1) is 10.2 Å². The van der Waals surface area contributed by atoms with Crippen LogP contribution in [0.4, 0.5) is 14.9 Å². The SMILES string of the molecule is O=C(Nc1cc(Br)c(F)cc1O)OCc1ccccc1. The van der Waals surface area contributed by atoms with Gasteiger partial charge in [-0.1, -0.05) is 30.3 Å². The predicted molar refractivity (Wildman–Crippen MR) is 76.0 cm³/mol. The molecule has 6 heteroatoms. The third-order valence-electron chi connectivity index (χ3n) is 2.49. The lowest BCUT2D eigenvalue weighted by molar-refractivity contribution is 0.155. The molecule has 2 aromatic rings. The van der Waals surface area contributed by atoms with E-state index < -0.39 is 11.9 Å². The quantitative estimate of drug-likeness (QED) is 0.829. The molecule has 0 unspecified atom stereocenters. The highest BCUT2D eigenvalue weighted by Crippen LogP contribution is 2.29. The molecule has 0 aromatic heterocycles. The summed E-state index contributed by atoms with van der Waals surface area (Å²) in [5.74, 6) is -0.993. The van der Waals surface area contributed by atoms with E-state index in [0.29, 0.717) is 0 Å². The fourth-order valence-corrected chi connectivity index (χ4v) is 1.85. The standard InChI is InChI=1S/C14H11BrFNO3/c15-10-6-12(13(18)7-11(10)16)17-14(19)20-8-9-4-2-1-3-5-9/h1-7,18H,8H2,(H,17,19). The van der Waals surface area contributed by atoms with Gasteiger partial charge in [-0.3, -0.25) is 5.32 Å². The maximum atomic E-state index is 13.1. The molecule has 0 saturated carbocycles. The van der Waals surface area contributed by atoms with E-state index >= 15 is 0 Å². The van der Waals surface area contributed by atoms with E-state index in [1.807, 2.05) is 30.3 Å². The van der Waals surface area contributed by atoms with E-state index in [4.69, 9.17) is 4.74 Å². The summed E-state index contributed by atoms with van der Waals surface area (Å²) in [6.07, 6.45) is -0.734. The van der Waals surface area contributed by atoms with Crippen molar-refractivity contribution in [3.8, 4) is 5.75 Å². The van der Waals surface area contributed by atoms with Gasteiger partial charge in [-0.05, 0) is 27.6 Å². The summed E-state index contributed by atoms with van der Waals surface area (Å²) in [6, 6.07) is 11.3. The van der Waals surface area contributed by atoms with Crippen LogP contribution in [-0.4, -0.2) is 11.2 Å². The molecule has 0 atom stereocenters. The fraction of sp³-hybridized carbons (Fsp3) is 0.0714. The number of amides is 1. The molecule has 0 aliphatic rings. The summed E-state index contributed by atoms with van der Waals surface area (Å²) >= 11 is 2.97. The Hall–Kier alpha value is -2.08. The minimum absolute atomic E-state index is 0.0661. The zero-order valence-electron chi connectivity index (χ0n) is 10.3. The summed E-state index contributed by atoms with van der Waals surface area (Å²) in [6.45, 7) is 0.107. The highest BCUT2D eigenvalue weighted by atomic mass is 79.9. The smallest absolute Gasteiger partial charge is 0.412 e. The molecule has 0 aliphatic heterocycles. The van der Waals surface area contributed by atoms with Crippen LogP contribution in [0, 0.1) is 5.82 Å². The maximum absolute atomic E-state index is 13.1. The van der Waals surface area contributed by atoms with Crippen molar-refractivity contribution >= 4 is 27.7 Å².